The smallest absolute Gasteiger partial charge is 0.346 e. The van der Waals surface area contributed by atoms with Crippen LogP contribution in [-0.2, 0) is 14.9 Å². The number of fused-ring (bicyclic) bond motifs is 3. The van der Waals surface area contributed by atoms with Crippen molar-refractivity contribution in [2.75, 3.05) is 0 Å². The zero-order valence-corrected chi connectivity index (χ0v) is 18.9. The highest BCUT2D eigenvalue weighted by molar-refractivity contribution is 6.15. The molecule has 6 nitrogen and oxygen atoms in total. The first-order chi connectivity index (χ1) is 16.5. The van der Waals surface area contributed by atoms with Crippen LogP contribution in [-0.4, -0.2) is 23.9 Å². The molecule has 2 heterocycles. The van der Waals surface area contributed by atoms with Gasteiger partial charge in [0.1, 0.15) is 0 Å². The topological polar surface area (TPSA) is 86.7 Å². The molecule has 0 spiro atoms. The van der Waals surface area contributed by atoms with Crippen molar-refractivity contribution in [2.45, 2.75) is 63.2 Å². The van der Waals surface area contributed by atoms with Crippen molar-refractivity contribution in [1.29, 1.82) is 0 Å². The minimum atomic E-state index is -0.614. The summed E-state index contributed by atoms with van der Waals surface area (Å²) in [5.41, 5.74) is 2.63. The predicted molar refractivity (Wildman–Crippen MR) is 122 cm³/mol. The Hall–Kier alpha value is -3.28. The molecule has 0 amide bonds. The maximum atomic E-state index is 12.4. The molecule has 2 atom stereocenters. The third-order valence-corrected chi connectivity index (χ3v) is 8.32. The minimum absolute atomic E-state index is 0.295. The minimum Gasteiger partial charge on any atom is -0.386 e. The van der Waals surface area contributed by atoms with Crippen LogP contribution in [0, 0.1) is 11.8 Å². The fourth-order valence-electron chi connectivity index (χ4n) is 6.32. The molecular weight excluding hydrogens is 432 g/mol. The molecule has 34 heavy (non-hydrogen) atoms. The van der Waals surface area contributed by atoms with E-state index in [9.17, 15) is 19.2 Å². The highest BCUT2D eigenvalue weighted by atomic mass is 16.6. The zero-order chi connectivity index (χ0) is 23.4. The number of ether oxygens (including phenoxy) is 2. The van der Waals surface area contributed by atoms with Crippen LogP contribution in [0.2, 0.25) is 0 Å². The van der Waals surface area contributed by atoms with Crippen LogP contribution in [0.1, 0.15) is 110 Å². The quantitative estimate of drug-likeness (QED) is 0.445. The molecule has 4 aliphatic rings. The molecule has 2 aliphatic heterocycles. The summed E-state index contributed by atoms with van der Waals surface area (Å²) < 4.78 is 9.67. The number of carbonyl (C=O) groups is 4. The standard InChI is InChI=1S/C28H26O6/c29-24-20-9-7-18(14-22(20)26(31)33-24)28(11-3-1-5-16-13-17(16)6-2-4-12-28)19-8-10-21-23(15-19)27(32)34-25(21)30/h7-10,14-17H,1-6,11-13H2. The number of rotatable bonds is 2. The van der Waals surface area contributed by atoms with Gasteiger partial charge < -0.3 is 9.47 Å². The third-order valence-electron chi connectivity index (χ3n) is 8.32. The van der Waals surface area contributed by atoms with Gasteiger partial charge in [0.25, 0.3) is 0 Å². The Kier molecular flexibility index (Phi) is 4.94. The Labute approximate surface area is 197 Å². The lowest BCUT2D eigenvalue weighted by molar-refractivity contribution is 0.0425. The monoisotopic (exact) mass is 458 g/mol. The molecule has 2 saturated carbocycles. The van der Waals surface area contributed by atoms with Gasteiger partial charge >= 0.3 is 23.9 Å². The van der Waals surface area contributed by atoms with Crippen LogP contribution in [0.15, 0.2) is 36.4 Å². The molecule has 2 unspecified atom stereocenters. The van der Waals surface area contributed by atoms with E-state index in [-0.39, 0.29) is 0 Å². The normalized spacial score (nSPS) is 25.5. The molecule has 2 aromatic rings. The van der Waals surface area contributed by atoms with Crippen LogP contribution >= 0.6 is 0 Å². The van der Waals surface area contributed by atoms with E-state index < -0.39 is 29.3 Å². The van der Waals surface area contributed by atoms with Gasteiger partial charge in [0.2, 0.25) is 0 Å². The van der Waals surface area contributed by atoms with Gasteiger partial charge in [0.05, 0.1) is 22.3 Å². The maximum absolute atomic E-state index is 12.4. The predicted octanol–water partition coefficient (Wildman–Crippen LogP) is 5.36. The first-order valence-corrected chi connectivity index (χ1v) is 12.3. The lowest BCUT2D eigenvalue weighted by Gasteiger charge is -2.36. The first kappa shape index (κ1) is 21.3. The Balaban J connectivity index is 1.47. The molecule has 0 aromatic heterocycles. The second kappa shape index (κ2) is 7.90. The van der Waals surface area contributed by atoms with E-state index in [0.29, 0.717) is 22.3 Å². The van der Waals surface area contributed by atoms with Crippen LogP contribution in [0.5, 0.6) is 0 Å². The summed E-state index contributed by atoms with van der Waals surface area (Å²) in [6.07, 6.45) is 9.89. The molecule has 2 aliphatic carbocycles. The average Bonchev–Trinajstić information content (AvgIpc) is 3.44. The van der Waals surface area contributed by atoms with E-state index in [4.69, 9.17) is 9.47 Å². The van der Waals surface area contributed by atoms with Crippen molar-refractivity contribution in [3.05, 3.63) is 69.8 Å². The highest BCUT2D eigenvalue weighted by Gasteiger charge is 2.41. The lowest BCUT2D eigenvalue weighted by atomic mass is 9.67. The van der Waals surface area contributed by atoms with Crippen molar-refractivity contribution in [2.24, 2.45) is 11.8 Å². The summed E-state index contributed by atoms with van der Waals surface area (Å²) in [5, 5.41) is 0. The second-order valence-electron chi connectivity index (χ2n) is 10.2. The summed E-state index contributed by atoms with van der Waals surface area (Å²) in [6.45, 7) is 0. The van der Waals surface area contributed by atoms with Gasteiger partial charge in [-0.25, -0.2) is 19.2 Å². The number of hydrogen-bond donors (Lipinski definition) is 0. The zero-order valence-electron chi connectivity index (χ0n) is 18.9. The molecule has 0 radical (unpaired) electrons. The summed E-state index contributed by atoms with van der Waals surface area (Å²) >= 11 is 0. The van der Waals surface area contributed by atoms with Gasteiger partial charge in [-0.05, 0) is 66.5 Å². The molecule has 6 rings (SSSR count). The molecule has 0 N–H and O–H groups in total. The maximum Gasteiger partial charge on any atom is 0.346 e. The Morgan fingerprint density at radius 1 is 0.588 bits per heavy atom. The van der Waals surface area contributed by atoms with Crippen molar-refractivity contribution in [3.8, 4) is 0 Å². The van der Waals surface area contributed by atoms with E-state index >= 15 is 0 Å². The van der Waals surface area contributed by atoms with E-state index in [0.717, 1.165) is 61.5 Å². The number of carbonyl (C=O) groups excluding carboxylic acids is 4. The van der Waals surface area contributed by atoms with Gasteiger partial charge in [0.15, 0.2) is 0 Å². The number of esters is 4. The molecule has 2 fully saturated rings. The molecule has 2 aromatic carbocycles. The van der Waals surface area contributed by atoms with Crippen LogP contribution in [0.3, 0.4) is 0 Å². The Morgan fingerprint density at radius 2 is 1.03 bits per heavy atom. The van der Waals surface area contributed by atoms with Crippen LogP contribution < -0.4 is 0 Å². The van der Waals surface area contributed by atoms with Crippen LogP contribution in [0.25, 0.3) is 0 Å². The fraction of sp³-hybridized carbons (Fsp3) is 0.429. The van der Waals surface area contributed by atoms with E-state index in [2.05, 4.69) is 0 Å². The molecule has 0 bridgehead atoms. The summed E-state index contributed by atoms with van der Waals surface area (Å²) in [4.78, 5) is 48.8. The van der Waals surface area contributed by atoms with Gasteiger partial charge in [-0.15, -0.1) is 0 Å². The SMILES string of the molecule is O=C1OC(=O)c2cc(C3(c4ccc5c(c4)C(=O)OC5=O)CCCCC4CC4CCCC3)ccc21. The number of hydrogen-bond acceptors (Lipinski definition) is 6. The van der Waals surface area contributed by atoms with Crippen molar-refractivity contribution in [3.63, 3.8) is 0 Å². The van der Waals surface area contributed by atoms with E-state index in [1.165, 1.54) is 19.3 Å². The summed E-state index contributed by atoms with van der Waals surface area (Å²) in [7, 11) is 0. The number of cyclic esters (lactones) is 4. The summed E-state index contributed by atoms with van der Waals surface area (Å²) in [6, 6.07) is 10.8. The molecule has 6 heteroatoms. The van der Waals surface area contributed by atoms with Crippen molar-refractivity contribution < 1.29 is 28.7 Å². The largest absolute Gasteiger partial charge is 0.386 e. The highest BCUT2D eigenvalue weighted by Crippen LogP contribution is 2.49. The first-order valence-electron chi connectivity index (χ1n) is 12.3. The van der Waals surface area contributed by atoms with E-state index in [1.54, 1.807) is 24.3 Å². The molecular formula is C28H26O6. The molecule has 0 saturated heterocycles. The second-order valence-corrected chi connectivity index (χ2v) is 10.2. The lowest BCUT2D eigenvalue weighted by Crippen LogP contribution is -2.29. The molecule has 174 valence electrons. The summed E-state index contributed by atoms with van der Waals surface area (Å²) in [5.74, 6) is -0.709. The average molecular weight is 459 g/mol. The van der Waals surface area contributed by atoms with Gasteiger partial charge in [-0.3, -0.25) is 0 Å². The Bertz CT molecular complexity index is 1150. The van der Waals surface area contributed by atoms with Crippen molar-refractivity contribution in [1.82, 2.24) is 0 Å². The van der Waals surface area contributed by atoms with Crippen LogP contribution in [0.4, 0.5) is 0 Å². The Morgan fingerprint density at radius 3 is 1.50 bits per heavy atom. The van der Waals surface area contributed by atoms with E-state index in [1.807, 2.05) is 12.1 Å². The number of benzene rings is 2. The van der Waals surface area contributed by atoms with Gasteiger partial charge in [-0.1, -0.05) is 50.7 Å². The third kappa shape index (κ3) is 3.39. The van der Waals surface area contributed by atoms with Gasteiger partial charge in [-0.2, -0.15) is 0 Å². The fourth-order valence-corrected chi connectivity index (χ4v) is 6.32. The van der Waals surface area contributed by atoms with Crippen molar-refractivity contribution >= 4 is 23.9 Å². The van der Waals surface area contributed by atoms with Gasteiger partial charge in [0, 0.05) is 5.41 Å².